The Labute approximate surface area is 212 Å². The van der Waals surface area contributed by atoms with E-state index >= 15 is 0 Å². The number of benzene rings is 3. The Kier molecular flexibility index (Phi) is 6.57. The highest BCUT2D eigenvalue weighted by molar-refractivity contribution is 7.93. The normalized spacial score (nSPS) is 15.0. The maximum atomic E-state index is 13.4. The number of carbonyl (C=O) groups is 1. The van der Waals surface area contributed by atoms with Crippen molar-refractivity contribution < 1.29 is 13.2 Å². The molecule has 9 heteroatoms. The summed E-state index contributed by atoms with van der Waals surface area (Å²) in [5.41, 5.74) is 2.56. The lowest BCUT2D eigenvalue weighted by Crippen LogP contribution is -2.32. The van der Waals surface area contributed by atoms with Crippen molar-refractivity contribution in [3.8, 4) is 0 Å². The van der Waals surface area contributed by atoms with E-state index in [0.29, 0.717) is 11.5 Å². The molecule has 1 aliphatic rings. The van der Waals surface area contributed by atoms with Crippen LogP contribution in [-0.4, -0.2) is 25.1 Å². The lowest BCUT2D eigenvalue weighted by atomic mass is 10.2. The van der Waals surface area contributed by atoms with E-state index < -0.39 is 10.0 Å². The van der Waals surface area contributed by atoms with E-state index in [4.69, 9.17) is 0 Å². The van der Waals surface area contributed by atoms with E-state index in [1.54, 1.807) is 29.7 Å². The second-order valence-corrected chi connectivity index (χ2v) is 10.3. The first-order valence-electron chi connectivity index (χ1n) is 11.0. The molecule has 178 valence electrons. The third kappa shape index (κ3) is 5.02. The molecule has 0 spiro atoms. The second kappa shape index (κ2) is 10.1. The van der Waals surface area contributed by atoms with Crippen LogP contribution in [0.25, 0.3) is 6.08 Å². The van der Waals surface area contributed by atoms with Crippen molar-refractivity contribution >= 4 is 50.0 Å². The van der Waals surface area contributed by atoms with Crippen LogP contribution < -0.4 is 9.62 Å². The van der Waals surface area contributed by atoms with Gasteiger partial charge in [0.15, 0.2) is 5.13 Å². The van der Waals surface area contributed by atoms with Gasteiger partial charge in [-0.1, -0.05) is 72.8 Å². The van der Waals surface area contributed by atoms with Gasteiger partial charge in [0, 0.05) is 17.1 Å². The fraction of sp³-hybridized carbons (Fsp3) is 0. The number of aromatic nitrogens is 1. The van der Waals surface area contributed by atoms with E-state index in [9.17, 15) is 13.2 Å². The minimum atomic E-state index is -3.81. The van der Waals surface area contributed by atoms with Gasteiger partial charge in [0.2, 0.25) is 0 Å². The first-order valence-corrected chi connectivity index (χ1v) is 13.3. The van der Waals surface area contributed by atoms with Crippen molar-refractivity contribution in [2.45, 2.75) is 4.90 Å². The molecule has 0 unspecified atom stereocenters. The number of sulfonamides is 1. The molecule has 5 rings (SSSR count). The minimum Gasteiger partial charge on any atom is -0.266 e. The molecule has 1 aliphatic heterocycles. The highest BCUT2D eigenvalue weighted by Crippen LogP contribution is 2.28. The maximum absolute atomic E-state index is 13.4. The number of amides is 1. The summed E-state index contributed by atoms with van der Waals surface area (Å²) in [5, 5.41) is 1.97. The molecule has 0 radical (unpaired) electrons. The van der Waals surface area contributed by atoms with Gasteiger partial charge in [0.05, 0.1) is 10.6 Å². The summed E-state index contributed by atoms with van der Waals surface area (Å²) in [6, 6.07) is 25.2. The number of nitrogens with one attached hydrogen (secondary N) is 1. The number of anilines is 2. The van der Waals surface area contributed by atoms with E-state index in [-0.39, 0.29) is 21.6 Å². The Hall–Kier alpha value is -4.34. The van der Waals surface area contributed by atoms with Crippen molar-refractivity contribution in [2.75, 3.05) is 9.62 Å². The molecule has 0 atom stereocenters. The molecule has 0 saturated heterocycles. The van der Waals surface area contributed by atoms with Crippen LogP contribution in [0.15, 0.2) is 124 Å². The number of amidine groups is 1. The zero-order valence-corrected chi connectivity index (χ0v) is 20.5. The van der Waals surface area contributed by atoms with Gasteiger partial charge in [0.1, 0.15) is 11.5 Å². The predicted octanol–water partition coefficient (Wildman–Crippen LogP) is 5.33. The molecule has 36 heavy (non-hydrogen) atoms. The summed E-state index contributed by atoms with van der Waals surface area (Å²) >= 11 is 1.19. The van der Waals surface area contributed by atoms with Crippen LogP contribution in [0.5, 0.6) is 0 Å². The van der Waals surface area contributed by atoms with E-state index in [1.807, 2.05) is 66.7 Å². The van der Waals surface area contributed by atoms with Gasteiger partial charge in [-0.25, -0.2) is 18.4 Å². The van der Waals surface area contributed by atoms with Crippen molar-refractivity contribution in [3.05, 3.63) is 125 Å². The van der Waals surface area contributed by atoms with Crippen molar-refractivity contribution in [1.82, 2.24) is 4.98 Å². The van der Waals surface area contributed by atoms with Crippen molar-refractivity contribution in [1.29, 1.82) is 0 Å². The first kappa shape index (κ1) is 23.4. The van der Waals surface area contributed by atoms with Crippen molar-refractivity contribution in [3.63, 3.8) is 0 Å². The van der Waals surface area contributed by atoms with E-state index in [2.05, 4.69) is 14.7 Å². The molecule has 3 aromatic carbocycles. The highest BCUT2D eigenvalue weighted by Gasteiger charge is 2.32. The second-order valence-electron chi connectivity index (χ2n) is 7.70. The molecule has 0 fully saturated rings. The average Bonchev–Trinajstić information content (AvgIpc) is 3.52. The molecule has 4 aromatic rings. The lowest BCUT2D eigenvalue weighted by Gasteiger charge is -2.19. The SMILES string of the molecule is O=C1C(=CC=Cc2ccccc2)N=C(c2ccccc2)N1c1ccc(S(=O)(=O)Nc2nccs2)cc1. The minimum absolute atomic E-state index is 0.0628. The van der Waals surface area contributed by atoms with Crippen molar-refractivity contribution in [2.24, 2.45) is 4.99 Å². The molecule has 0 bridgehead atoms. The summed E-state index contributed by atoms with van der Waals surface area (Å²) < 4.78 is 27.9. The molecule has 0 aliphatic carbocycles. The number of thiazole rings is 1. The maximum Gasteiger partial charge on any atom is 0.282 e. The zero-order chi connectivity index (χ0) is 25.0. The number of hydrogen-bond donors (Lipinski definition) is 1. The zero-order valence-electron chi connectivity index (χ0n) is 18.9. The summed E-state index contributed by atoms with van der Waals surface area (Å²) in [6.45, 7) is 0. The molecule has 1 N–H and O–H groups in total. The quantitative estimate of drug-likeness (QED) is 0.339. The van der Waals surface area contributed by atoms with Gasteiger partial charge >= 0.3 is 0 Å². The summed E-state index contributed by atoms with van der Waals surface area (Å²) in [5.74, 6) is 0.166. The van der Waals surface area contributed by atoms with Crippen LogP contribution in [0.3, 0.4) is 0 Å². The van der Waals surface area contributed by atoms with Crippen LogP contribution >= 0.6 is 11.3 Å². The monoisotopic (exact) mass is 512 g/mol. The molecular formula is C27H20N4O3S2. The number of aliphatic imine (C=N–C) groups is 1. The van der Waals surface area contributed by atoms with Gasteiger partial charge in [-0.05, 0) is 35.9 Å². The number of allylic oxidation sites excluding steroid dienone is 2. The number of rotatable bonds is 7. The Morgan fingerprint density at radius 1 is 0.889 bits per heavy atom. The Bertz CT molecular complexity index is 1560. The molecule has 7 nitrogen and oxygen atoms in total. The molecular weight excluding hydrogens is 492 g/mol. The smallest absolute Gasteiger partial charge is 0.266 e. The molecule has 1 amide bonds. The third-order valence-corrected chi connectivity index (χ3v) is 7.47. The van der Waals surface area contributed by atoms with Gasteiger partial charge in [-0.15, -0.1) is 11.3 Å². The Balaban J connectivity index is 1.46. The van der Waals surface area contributed by atoms with Gasteiger partial charge in [0.25, 0.3) is 15.9 Å². The van der Waals surface area contributed by atoms with Crippen LogP contribution in [0.4, 0.5) is 10.8 Å². The molecule has 0 saturated carbocycles. The third-order valence-electron chi connectivity index (χ3n) is 5.29. The van der Waals surface area contributed by atoms with Crippen LogP contribution in [0.2, 0.25) is 0 Å². The average molecular weight is 513 g/mol. The van der Waals surface area contributed by atoms with Crippen LogP contribution in [0, 0.1) is 0 Å². The fourth-order valence-corrected chi connectivity index (χ4v) is 5.38. The number of hydrogen-bond acceptors (Lipinski definition) is 6. The van der Waals surface area contributed by atoms with Gasteiger partial charge in [-0.3, -0.25) is 14.4 Å². The van der Waals surface area contributed by atoms with E-state index in [0.717, 1.165) is 11.1 Å². The first-order chi connectivity index (χ1) is 17.5. The van der Waals surface area contributed by atoms with Crippen LogP contribution in [-0.2, 0) is 14.8 Å². The Morgan fingerprint density at radius 2 is 1.58 bits per heavy atom. The topological polar surface area (TPSA) is 91.7 Å². The van der Waals surface area contributed by atoms with Gasteiger partial charge in [-0.2, -0.15) is 0 Å². The standard InChI is InChI=1S/C27H20N4O3S2/c32-26-24(13-7-10-20-8-3-1-4-9-20)29-25(21-11-5-2-6-12-21)31(26)22-14-16-23(17-15-22)36(33,34)30-27-28-18-19-35-27/h1-19H,(H,28,30). The largest absolute Gasteiger partial charge is 0.282 e. The molecule has 1 aromatic heterocycles. The van der Waals surface area contributed by atoms with Crippen LogP contribution in [0.1, 0.15) is 11.1 Å². The summed E-state index contributed by atoms with van der Waals surface area (Å²) in [7, 11) is -3.81. The Morgan fingerprint density at radius 3 is 2.25 bits per heavy atom. The summed E-state index contributed by atoms with van der Waals surface area (Å²) in [6.07, 6.45) is 6.89. The molecule has 2 heterocycles. The van der Waals surface area contributed by atoms with Gasteiger partial charge < -0.3 is 0 Å². The number of nitrogens with zero attached hydrogens (tertiary/aromatic N) is 3. The lowest BCUT2D eigenvalue weighted by molar-refractivity contribution is -0.113. The number of carbonyl (C=O) groups excluding carboxylic acids is 1. The van der Waals surface area contributed by atoms with E-state index in [1.165, 1.54) is 34.6 Å². The highest BCUT2D eigenvalue weighted by atomic mass is 32.2. The fourth-order valence-electron chi connectivity index (χ4n) is 3.59. The summed E-state index contributed by atoms with van der Waals surface area (Å²) in [4.78, 5) is 23.5. The predicted molar refractivity (Wildman–Crippen MR) is 143 cm³/mol.